The van der Waals surface area contributed by atoms with Crippen molar-refractivity contribution in [2.75, 3.05) is 0 Å². The predicted octanol–water partition coefficient (Wildman–Crippen LogP) is 2.74. The van der Waals surface area contributed by atoms with E-state index in [0.717, 1.165) is 37.8 Å². The van der Waals surface area contributed by atoms with Crippen molar-refractivity contribution in [1.29, 1.82) is 0 Å². The van der Waals surface area contributed by atoms with E-state index in [2.05, 4.69) is 5.32 Å². The number of rotatable bonds is 5. The van der Waals surface area contributed by atoms with Gasteiger partial charge in [0.05, 0.1) is 0 Å². The standard InChI is InChI=1S/C16H20F2N2O2.ClH/c17-13-5-4-10(8-14(13)18)15(21)6-7-16(22)20-12-3-1-2-11(19)9-12;/h4-5,8,11-12H,1-3,6-7,9,19H2,(H,20,22);1H. The number of Topliss-reactive ketones (excluding diaryl/α,β-unsaturated/α-hetero) is 1. The van der Waals surface area contributed by atoms with Gasteiger partial charge in [0, 0.05) is 30.5 Å². The monoisotopic (exact) mass is 346 g/mol. The summed E-state index contributed by atoms with van der Waals surface area (Å²) < 4.78 is 25.9. The second-order valence-electron chi connectivity index (χ2n) is 5.74. The molecule has 1 aromatic carbocycles. The maximum Gasteiger partial charge on any atom is 0.220 e. The molecule has 4 nitrogen and oxygen atoms in total. The van der Waals surface area contributed by atoms with Gasteiger partial charge in [-0.15, -0.1) is 12.4 Å². The quantitative estimate of drug-likeness (QED) is 0.805. The fourth-order valence-corrected chi connectivity index (χ4v) is 2.70. The highest BCUT2D eigenvalue weighted by molar-refractivity contribution is 5.97. The van der Waals surface area contributed by atoms with Gasteiger partial charge in [-0.05, 0) is 43.9 Å². The summed E-state index contributed by atoms with van der Waals surface area (Å²) in [5.41, 5.74) is 5.93. The van der Waals surface area contributed by atoms with E-state index in [0.29, 0.717) is 0 Å². The number of nitrogens with two attached hydrogens (primary N) is 1. The number of hydrogen-bond donors (Lipinski definition) is 2. The van der Waals surface area contributed by atoms with E-state index in [9.17, 15) is 18.4 Å². The largest absolute Gasteiger partial charge is 0.353 e. The highest BCUT2D eigenvalue weighted by Gasteiger charge is 2.21. The first-order valence-electron chi connectivity index (χ1n) is 7.49. The van der Waals surface area contributed by atoms with Gasteiger partial charge in [0.25, 0.3) is 0 Å². The maximum absolute atomic E-state index is 13.1. The van der Waals surface area contributed by atoms with Crippen molar-refractivity contribution in [3.8, 4) is 0 Å². The Morgan fingerprint density at radius 3 is 2.57 bits per heavy atom. The summed E-state index contributed by atoms with van der Waals surface area (Å²) in [6.45, 7) is 0. The normalized spacial score (nSPS) is 20.5. The molecule has 0 radical (unpaired) electrons. The number of amides is 1. The molecule has 0 saturated heterocycles. The number of hydrogen-bond acceptors (Lipinski definition) is 3. The number of benzene rings is 1. The molecule has 0 bridgehead atoms. The lowest BCUT2D eigenvalue weighted by Gasteiger charge is -2.27. The van der Waals surface area contributed by atoms with Gasteiger partial charge >= 0.3 is 0 Å². The maximum atomic E-state index is 13.1. The molecule has 128 valence electrons. The van der Waals surface area contributed by atoms with Gasteiger partial charge in [-0.25, -0.2) is 8.78 Å². The fourth-order valence-electron chi connectivity index (χ4n) is 2.70. The van der Waals surface area contributed by atoms with E-state index in [4.69, 9.17) is 5.73 Å². The molecule has 2 rings (SSSR count). The summed E-state index contributed by atoms with van der Waals surface area (Å²) in [5, 5.41) is 2.87. The van der Waals surface area contributed by atoms with Crippen molar-refractivity contribution in [3.63, 3.8) is 0 Å². The van der Waals surface area contributed by atoms with Gasteiger partial charge in [-0.3, -0.25) is 9.59 Å². The Bertz CT molecular complexity index is 569. The van der Waals surface area contributed by atoms with Crippen molar-refractivity contribution < 1.29 is 18.4 Å². The molecule has 1 aromatic rings. The summed E-state index contributed by atoms with van der Waals surface area (Å²) >= 11 is 0. The molecule has 1 aliphatic carbocycles. The number of halogens is 3. The Morgan fingerprint density at radius 1 is 1.17 bits per heavy atom. The Hall–Kier alpha value is -1.53. The number of carbonyl (C=O) groups excluding carboxylic acids is 2. The number of carbonyl (C=O) groups is 2. The molecule has 1 amide bonds. The third kappa shape index (κ3) is 5.88. The molecule has 0 heterocycles. The first kappa shape index (κ1) is 19.5. The van der Waals surface area contributed by atoms with E-state index < -0.39 is 11.6 Å². The zero-order valence-electron chi connectivity index (χ0n) is 12.7. The molecule has 7 heteroatoms. The van der Waals surface area contributed by atoms with Crippen LogP contribution in [-0.4, -0.2) is 23.8 Å². The summed E-state index contributed by atoms with van der Waals surface area (Å²) in [6, 6.07) is 3.16. The minimum Gasteiger partial charge on any atom is -0.353 e. The van der Waals surface area contributed by atoms with Crippen LogP contribution in [-0.2, 0) is 4.79 Å². The fraction of sp³-hybridized carbons (Fsp3) is 0.500. The molecule has 2 atom stereocenters. The SMILES string of the molecule is Cl.NC1CCCC(NC(=O)CCC(=O)c2ccc(F)c(F)c2)C1. The molecular weight excluding hydrogens is 326 g/mol. The average molecular weight is 347 g/mol. The predicted molar refractivity (Wildman–Crippen MR) is 85.5 cm³/mol. The second kappa shape index (κ2) is 8.93. The van der Waals surface area contributed by atoms with Crippen molar-refractivity contribution in [2.45, 2.75) is 50.6 Å². The van der Waals surface area contributed by atoms with Crippen LogP contribution in [0.2, 0.25) is 0 Å². The van der Waals surface area contributed by atoms with Crippen LogP contribution in [0.5, 0.6) is 0 Å². The van der Waals surface area contributed by atoms with E-state index in [1.807, 2.05) is 0 Å². The van der Waals surface area contributed by atoms with Crippen molar-refractivity contribution >= 4 is 24.1 Å². The Morgan fingerprint density at radius 2 is 1.91 bits per heavy atom. The third-order valence-electron chi connectivity index (χ3n) is 3.90. The second-order valence-corrected chi connectivity index (χ2v) is 5.74. The minimum atomic E-state index is -1.06. The molecule has 0 aromatic heterocycles. The average Bonchev–Trinajstić information content (AvgIpc) is 2.47. The zero-order valence-corrected chi connectivity index (χ0v) is 13.5. The number of nitrogens with one attached hydrogen (secondary N) is 1. The topological polar surface area (TPSA) is 72.2 Å². The van der Waals surface area contributed by atoms with Crippen LogP contribution in [0.4, 0.5) is 8.78 Å². The van der Waals surface area contributed by atoms with Crippen molar-refractivity contribution in [2.24, 2.45) is 5.73 Å². The molecule has 1 saturated carbocycles. The lowest BCUT2D eigenvalue weighted by molar-refractivity contribution is -0.122. The summed E-state index contributed by atoms with van der Waals surface area (Å²) in [5.74, 6) is -2.65. The molecule has 0 aliphatic heterocycles. The van der Waals surface area contributed by atoms with E-state index in [-0.39, 0.29) is 54.6 Å². The van der Waals surface area contributed by atoms with Crippen LogP contribution >= 0.6 is 12.4 Å². The van der Waals surface area contributed by atoms with Crippen LogP contribution < -0.4 is 11.1 Å². The zero-order chi connectivity index (χ0) is 16.1. The molecule has 1 aliphatic rings. The van der Waals surface area contributed by atoms with Crippen molar-refractivity contribution in [3.05, 3.63) is 35.4 Å². The third-order valence-corrected chi connectivity index (χ3v) is 3.90. The van der Waals surface area contributed by atoms with Crippen LogP contribution in [0.3, 0.4) is 0 Å². The van der Waals surface area contributed by atoms with E-state index in [1.54, 1.807) is 0 Å². The first-order valence-corrected chi connectivity index (χ1v) is 7.49. The summed E-state index contributed by atoms with van der Waals surface area (Å²) in [6.07, 6.45) is 3.61. The Kier molecular flexibility index (Phi) is 7.58. The Balaban J connectivity index is 0.00000264. The molecule has 23 heavy (non-hydrogen) atoms. The van der Waals surface area contributed by atoms with Gasteiger partial charge in [-0.2, -0.15) is 0 Å². The van der Waals surface area contributed by atoms with Crippen LogP contribution in [0.15, 0.2) is 18.2 Å². The van der Waals surface area contributed by atoms with Crippen molar-refractivity contribution in [1.82, 2.24) is 5.32 Å². The highest BCUT2D eigenvalue weighted by Crippen LogP contribution is 2.17. The lowest BCUT2D eigenvalue weighted by atomic mass is 9.91. The van der Waals surface area contributed by atoms with Crippen LogP contribution in [0.1, 0.15) is 48.9 Å². The van der Waals surface area contributed by atoms with Crippen LogP contribution in [0.25, 0.3) is 0 Å². The minimum absolute atomic E-state index is 0. The van der Waals surface area contributed by atoms with Gasteiger partial charge in [0.1, 0.15) is 0 Å². The smallest absolute Gasteiger partial charge is 0.220 e. The van der Waals surface area contributed by atoms with Crippen LogP contribution in [0, 0.1) is 11.6 Å². The van der Waals surface area contributed by atoms with Gasteiger partial charge in [0.2, 0.25) is 5.91 Å². The molecular formula is C16H21ClF2N2O2. The first-order chi connectivity index (χ1) is 10.5. The molecule has 0 spiro atoms. The lowest BCUT2D eigenvalue weighted by Crippen LogP contribution is -2.42. The number of ketones is 1. The summed E-state index contributed by atoms with van der Waals surface area (Å²) in [7, 11) is 0. The molecule has 2 unspecified atom stereocenters. The van der Waals surface area contributed by atoms with E-state index in [1.165, 1.54) is 6.07 Å². The molecule has 1 fully saturated rings. The molecule has 3 N–H and O–H groups in total. The van der Waals surface area contributed by atoms with Gasteiger partial charge in [-0.1, -0.05) is 0 Å². The summed E-state index contributed by atoms with van der Waals surface area (Å²) in [4.78, 5) is 23.7. The van der Waals surface area contributed by atoms with Gasteiger partial charge in [0.15, 0.2) is 17.4 Å². The Labute approximate surface area is 140 Å². The highest BCUT2D eigenvalue weighted by atomic mass is 35.5. The van der Waals surface area contributed by atoms with Gasteiger partial charge < -0.3 is 11.1 Å². The van der Waals surface area contributed by atoms with E-state index >= 15 is 0 Å².